The molecule has 1 aromatic carbocycles. The molecule has 116 valence electrons. The molecule has 1 amide bonds. The molecule has 0 saturated carbocycles. The van der Waals surface area contributed by atoms with Crippen LogP contribution in [-0.4, -0.2) is 32.0 Å². The minimum Gasteiger partial charge on any atom is -0.476 e. The minimum atomic E-state index is -1.14. The number of carboxylic acid groups (broad SMARTS) is 1. The molecule has 1 heterocycles. The number of rotatable bonds is 5. The number of nitrogens with one attached hydrogen (secondary N) is 1. The zero-order valence-corrected chi connectivity index (χ0v) is 12.8. The Labute approximate surface area is 128 Å². The molecular weight excluding hydrogens is 284 g/mol. The van der Waals surface area contributed by atoms with E-state index in [2.05, 4.69) is 15.6 Å². The molecule has 2 aromatic rings. The van der Waals surface area contributed by atoms with Gasteiger partial charge >= 0.3 is 5.97 Å². The number of aromatic carboxylic acids is 1. The SMILES string of the molecule is CCc1c(C(=O)O)nnn1CC(=O)Nc1c(C)cccc1C. The van der Waals surface area contributed by atoms with Crippen molar-refractivity contribution in [2.45, 2.75) is 33.7 Å². The lowest BCUT2D eigenvalue weighted by Gasteiger charge is -2.12. The Morgan fingerprint density at radius 1 is 1.27 bits per heavy atom. The Balaban J connectivity index is 2.18. The molecule has 7 nitrogen and oxygen atoms in total. The van der Waals surface area contributed by atoms with Crippen LogP contribution in [0.25, 0.3) is 0 Å². The number of nitrogens with zero attached hydrogens (tertiary/aromatic N) is 3. The lowest BCUT2D eigenvalue weighted by Crippen LogP contribution is -2.22. The van der Waals surface area contributed by atoms with Crippen LogP contribution in [0.15, 0.2) is 18.2 Å². The lowest BCUT2D eigenvalue weighted by atomic mass is 10.1. The second kappa shape index (κ2) is 6.38. The Morgan fingerprint density at radius 3 is 2.45 bits per heavy atom. The molecule has 2 rings (SSSR count). The van der Waals surface area contributed by atoms with E-state index < -0.39 is 5.97 Å². The number of carboxylic acids is 1. The van der Waals surface area contributed by atoms with Gasteiger partial charge in [-0.1, -0.05) is 30.3 Å². The molecule has 2 N–H and O–H groups in total. The standard InChI is InChI=1S/C15H18N4O3/c1-4-11-14(15(21)22)17-18-19(11)8-12(20)16-13-9(2)6-5-7-10(13)3/h5-7H,4,8H2,1-3H3,(H,16,20)(H,21,22). The van der Waals surface area contributed by atoms with Crippen LogP contribution >= 0.6 is 0 Å². The Bertz CT molecular complexity index is 701. The molecule has 0 fully saturated rings. The number of anilines is 1. The second-order valence-electron chi connectivity index (χ2n) is 5.02. The van der Waals surface area contributed by atoms with Crippen LogP contribution in [0, 0.1) is 13.8 Å². The molecular formula is C15H18N4O3. The highest BCUT2D eigenvalue weighted by Gasteiger charge is 2.19. The van der Waals surface area contributed by atoms with Gasteiger partial charge in [-0.3, -0.25) is 4.79 Å². The van der Waals surface area contributed by atoms with Gasteiger partial charge in [-0.05, 0) is 31.4 Å². The van der Waals surface area contributed by atoms with E-state index in [1.807, 2.05) is 32.0 Å². The highest BCUT2D eigenvalue weighted by atomic mass is 16.4. The van der Waals surface area contributed by atoms with Gasteiger partial charge in [0.1, 0.15) is 6.54 Å². The van der Waals surface area contributed by atoms with Gasteiger partial charge in [-0.25, -0.2) is 9.48 Å². The smallest absolute Gasteiger partial charge is 0.358 e. The number of benzene rings is 1. The van der Waals surface area contributed by atoms with Crippen molar-refractivity contribution >= 4 is 17.6 Å². The molecule has 0 radical (unpaired) electrons. The fourth-order valence-electron chi connectivity index (χ4n) is 2.30. The number of amides is 1. The maximum Gasteiger partial charge on any atom is 0.358 e. The van der Waals surface area contributed by atoms with Gasteiger partial charge in [0.2, 0.25) is 5.91 Å². The molecule has 0 bridgehead atoms. The number of carbonyl (C=O) groups excluding carboxylic acids is 1. The maximum atomic E-state index is 12.2. The predicted molar refractivity (Wildman–Crippen MR) is 80.9 cm³/mol. The van der Waals surface area contributed by atoms with E-state index in [-0.39, 0.29) is 18.1 Å². The van der Waals surface area contributed by atoms with Crippen LogP contribution in [0.5, 0.6) is 0 Å². The second-order valence-corrected chi connectivity index (χ2v) is 5.02. The van der Waals surface area contributed by atoms with Crippen LogP contribution in [0.2, 0.25) is 0 Å². The number of hydrogen-bond donors (Lipinski definition) is 2. The van der Waals surface area contributed by atoms with Crippen molar-refractivity contribution in [3.05, 3.63) is 40.7 Å². The molecule has 0 aliphatic heterocycles. The summed E-state index contributed by atoms with van der Waals surface area (Å²) in [5.41, 5.74) is 3.03. The van der Waals surface area contributed by atoms with Gasteiger partial charge in [-0.2, -0.15) is 0 Å². The van der Waals surface area contributed by atoms with E-state index in [4.69, 9.17) is 5.11 Å². The third-order valence-corrected chi connectivity index (χ3v) is 3.41. The molecule has 0 saturated heterocycles. The summed E-state index contributed by atoms with van der Waals surface area (Å²) in [5.74, 6) is -1.41. The Morgan fingerprint density at radius 2 is 1.91 bits per heavy atom. The summed E-state index contributed by atoms with van der Waals surface area (Å²) in [5, 5.41) is 19.3. The molecule has 0 spiro atoms. The molecule has 0 unspecified atom stereocenters. The monoisotopic (exact) mass is 302 g/mol. The van der Waals surface area contributed by atoms with Gasteiger partial charge in [0.15, 0.2) is 5.69 Å². The van der Waals surface area contributed by atoms with Gasteiger partial charge in [0.25, 0.3) is 0 Å². The van der Waals surface area contributed by atoms with E-state index >= 15 is 0 Å². The highest BCUT2D eigenvalue weighted by molar-refractivity contribution is 5.92. The first-order valence-corrected chi connectivity index (χ1v) is 6.95. The fourth-order valence-corrected chi connectivity index (χ4v) is 2.30. The third kappa shape index (κ3) is 3.13. The zero-order chi connectivity index (χ0) is 16.3. The average Bonchev–Trinajstić information content (AvgIpc) is 2.86. The normalized spacial score (nSPS) is 10.5. The number of aromatic nitrogens is 3. The van der Waals surface area contributed by atoms with Crippen molar-refractivity contribution in [1.29, 1.82) is 0 Å². The van der Waals surface area contributed by atoms with Crippen molar-refractivity contribution < 1.29 is 14.7 Å². The first kappa shape index (κ1) is 15.7. The predicted octanol–water partition coefficient (Wildman–Crippen LogP) is 1.79. The molecule has 0 aliphatic rings. The van der Waals surface area contributed by atoms with Crippen LogP contribution in [0.4, 0.5) is 5.69 Å². The van der Waals surface area contributed by atoms with E-state index in [0.717, 1.165) is 16.8 Å². The Hall–Kier alpha value is -2.70. The van der Waals surface area contributed by atoms with Gasteiger partial charge < -0.3 is 10.4 Å². The summed E-state index contributed by atoms with van der Waals surface area (Å²) >= 11 is 0. The quantitative estimate of drug-likeness (QED) is 0.877. The molecule has 7 heteroatoms. The topological polar surface area (TPSA) is 97.1 Å². The Kier molecular flexibility index (Phi) is 4.55. The van der Waals surface area contributed by atoms with E-state index in [1.165, 1.54) is 4.68 Å². The minimum absolute atomic E-state index is 0.0722. The van der Waals surface area contributed by atoms with Crippen molar-refractivity contribution in [2.24, 2.45) is 0 Å². The lowest BCUT2D eigenvalue weighted by molar-refractivity contribution is -0.117. The summed E-state index contributed by atoms with van der Waals surface area (Å²) < 4.78 is 1.33. The van der Waals surface area contributed by atoms with Gasteiger partial charge in [-0.15, -0.1) is 5.10 Å². The number of hydrogen-bond acceptors (Lipinski definition) is 4. The number of para-hydroxylation sites is 1. The summed E-state index contributed by atoms with van der Waals surface area (Å²) in [7, 11) is 0. The highest BCUT2D eigenvalue weighted by Crippen LogP contribution is 2.19. The summed E-state index contributed by atoms with van der Waals surface area (Å²) in [6, 6.07) is 5.75. The summed E-state index contributed by atoms with van der Waals surface area (Å²) in [6.45, 7) is 5.55. The van der Waals surface area contributed by atoms with E-state index in [9.17, 15) is 9.59 Å². The molecule has 1 aromatic heterocycles. The average molecular weight is 302 g/mol. The third-order valence-electron chi connectivity index (χ3n) is 3.41. The first-order valence-electron chi connectivity index (χ1n) is 6.95. The van der Waals surface area contributed by atoms with Gasteiger partial charge in [0.05, 0.1) is 5.69 Å². The fraction of sp³-hybridized carbons (Fsp3) is 0.333. The largest absolute Gasteiger partial charge is 0.476 e. The first-order chi connectivity index (χ1) is 10.4. The van der Waals surface area contributed by atoms with Crippen molar-refractivity contribution in [3.8, 4) is 0 Å². The molecule has 22 heavy (non-hydrogen) atoms. The van der Waals surface area contributed by atoms with Crippen LogP contribution < -0.4 is 5.32 Å². The van der Waals surface area contributed by atoms with E-state index in [0.29, 0.717) is 12.1 Å². The van der Waals surface area contributed by atoms with Gasteiger partial charge in [0, 0.05) is 5.69 Å². The van der Waals surface area contributed by atoms with Crippen LogP contribution in [0.3, 0.4) is 0 Å². The van der Waals surface area contributed by atoms with Crippen molar-refractivity contribution in [2.75, 3.05) is 5.32 Å². The number of carbonyl (C=O) groups is 2. The maximum absolute atomic E-state index is 12.2. The van der Waals surface area contributed by atoms with Crippen LogP contribution in [0.1, 0.15) is 34.2 Å². The zero-order valence-electron chi connectivity index (χ0n) is 12.8. The number of aryl methyl sites for hydroxylation is 2. The summed E-state index contributed by atoms with van der Waals surface area (Å²) in [6.07, 6.45) is 0.436. The molecule has 0 atom stereocenters. The van der Waals surface area contributed by atoms with Crippen molar-refractivity contribution in [3.63, 3.8) is 0 Å². The van der Waals surface area contributed by atoms with E-state index in [1.54, 1.807) is 6.92 Å². The molecule has 0 aliphatic carbocycles. The van der Waals surface area contributed by atoms with Crippen LogP contribution in [-0.2, 0) is 17.8 Å². The summed E-state index contributed by atoms with van der Waals surface area (Å²) in [4.78, 5) is 23.2. The van der Waals surface area contributed by atoms with Crippen molar-refractivity contribution in [1.82, 2.24) is 15.0 Å².